The molecule has 1 aliphatic heterocycles. The Morgan fingerprint density at radius 3 is 2.72 bits per heavy atom. The molecule has 0 aliphatic carbocycles. The van der Waals surface area contributed by atoms with Crippen molar-refractivity contribution >= 4 is 29.7 Å². The van der Waals surface area contributed by atoms with Crippen LogP contribution in [0.5, 0.6) is 0 Å². The van der Waals surface area contributed by atoms with E-state index in [0.29, 0.717) is 25.1 Å². The molecule has 1 heterocycles. The van der Waals surface area contributed by atoms with Crippen LogP contribution in [0.25, 0.3) is 0 Å². The van der Waals surface area contributed by atoms with Gasteiger partial charge >= 0.3 is 0 Å². The molecule has 1 unspecified atom stereocenters. The molecule has 134 valence electrons. The lowest BCUT2D eigenvalue weighted by atomic mass is 10.1. The average Bonchev–Trinajstić information content (AvgIpc) is 2.88. The standard InChI is InChI=1S/C17H22N4O4/c1-19-14(23)7-6-11(10-22)21-16(24)12-4-2-5-13(15(12)17(21)25)20-9-3-8-18/h2,4-5,10-11,20H,3,6-9,18H2,1H3,(H,19,23). The van der Waals surface area contributed by atoms with Gasteiger partial charge in [0.05, 0.1) is 17.2 Å². The van der Waals surface area contributed by atoms with E-state index in [4.69, 9.17) is 5.73 Å². The maximum absolute atomic E-state index is 12.8. The third kappa shape index (κ3) is 3.85. The van der Waals surface area contributed by atoms with Gasteiger partial charge in [-0.25, -0.2) is 0 Å². The molecule has 0 aromatic heterocycles. The first-order chi connectivity index (χ1) is 12.0. The Bertz CT molecular complexity index is 689. The molecule has 1 atom stereocenters. The summed E-state index contributed by atoms with van der Waals surface area (Å²) in [7, 11) is 1.49. The third-order valence-electron chi connectivity index (χ3n) is 4.08. The Hall–Kier alpha value is -2.74. The number of hydrogen-bond acceptors (Lipinski definition) is 6. The molecule has 3 amide bonds. The SMILES string of the molecule is CNC(=O)CCC(C=O)N1C(=O)c2cccc(NCCCN)c2C1=O. The molecule has 0 bridgehead atoms. The molecule has 8 nitrogen and oxygen atoms in total. The van der Waals surface area contributed by atoms with Gasteiger partial charge in [0.15, 0.2) is 0 Å². The molecule has 1 aromatic carbocycles. The summed E-state index contributed by atoms with van der Waals surface area (Å²) in [6, 6.07) is 3.98. The minimum Gasteiger partial charge on any atom is -0.384 e. The maximum atomic E-state index is 12.8. The average molecular weight is 346 g/mol. The quantitative estimate of drug-likeness (QED) is 0.332. The zero-order valence-corrected chi connectivity index (χ0v) is 14.1. The number of carbonyl (C=O) groups is 4. The van der Waals surface area contributed by atoms with E-state index in [2.05, 4.69) is 10.6 Å². The van der Waals surface area contributed by atoms with Gasteiger partial charge < -0.3 is 21.2 Å². The Morgan fingerprint density at radius 2 is 2.08 bits per heavy atom. The van der Waals surface area contributed by atoms with Gasteiger partial charge in [-0.3, -0.25) is 19.3 Å². The summed E-state index contributed by atoms with van der Waals surface area (Å²) < 4.78 is 0. The molecule has 0 radical (unpaired) electrons. The molecule has 8 heteroatoms. The van der Waals surface area contributed by atoms with Crippen molar-refractivity contribution in [1.82, 2.24) is 10.2 Å². The van der Waals surface area contributed by atoms with Gasteiger partial charge in [0, 0.05) is 25.7 Å². The summed E-state index contributed by atoms with van der Waals surface area (Å²) >= 11 is 0. The van der Waals surface area contributed by atoms with E-state index in [1.54, 1.807) is 18.2 Å². The molecular weight excluding hydrogens is 324 g/mol. The highest BCUT2D eigenvalue weighted by Gasteiger charge is 2.41. The molecule has 0 spiro atoms. The van der Waals surface area contributed by atoms with E-state index < -0.39 is 17.9 Å². The van der Waals surface area contributed by atoms with Crippen LogP contribution < -0.4 is 16.4 Å². The Labute approximate surface area is 145 Å². The summed E-state index contributed by atoms with van der Waals surface area (Å²) in [6.07, 6.45) is 1.39. The van der Waals surface area contributed by atoms with Gasteiger partial charge in [0.1, 0.15) is 6.29 Å². The highest BCUT2D eigenvalue weighted by Crippen LogP contribution is 2.31. The van der Waals surface area contributed by atoms with Gasteiger partial charge in [-0.05, 0) is 31.5 Å². The van der Waals surface area contributed by atoms with Crippen LogP contribution in [0, 0.1) is 0 Å². The second-order valence-electron chi connectivity index (χ2n) is 5.69. The van der Waals surface area contributed by atoms with Crippen LogP contribution in [0.4, 0.5) is 5.69 Å². The maximum Gasteiger partial charge on any atom is 0.264 e. The van der Waals surface area contributed by atoms with Crippen molar-refractivity contribution in [1.29, 1.82) is 0 Å². The number of nitrogens with zero attached hydrogens (tertiary/aromatic N) is 1. The zero-order chi connectivity index (χ0) is 18.4. The number of fused-ring (bicyclic) bond motifs is 1. The van der Waals surface area contributed by atoms with E-state index in [9.17, 15) is 19.2 Å². The number of aldehydes is 1. The second-order valence-corrected chi connectivity index (χ2v) is 5.69. The molecule has 1 aliphatic rings. The predicted molar refractivity (Wildman–Crippen MR) is 92.3 cm³/mol. The summed E-state index contributed by atoms with van der Waals surface area (Å²) in [4.78, 5) is 49.1. The number of carbonyl (C=O) groups excluding carboxylic acids is 4. The van der Waals surface area contributed by atoms with E-state index in [-0.39, 0.29) is 29.9 Å². The largest absolute Gasteiger partial charge is 0.384 e. The highest BCUT2D eigenvalue weighted by atomic mass is 16.2. The van der Waals surface area contributed by atoms with E-state index >= 15 is 0 Å². The monoisotopic (exact) mass is 346 g/mol. The number of amides is 3. The van der Waals surface area contributed by atoms with Crippen LogP contribution in [0.15, 0.2) is 18.2 Å². The smallest absolute Gasteiger partial charge is 0.264 e. The fraction of sp³-hybridized carbons (Fsp3) is 0.412. The van der Waals surface area contributed by atoms with E-state index in [1.807, 2.05) is 0 Å². The van der Waals surface area contributed by atoms with Crippen molar-refractivity contribution in [3.05, 3.63) is 29.3 Å². The number of benzene rings is 1. The minimum atomic E-state index is -0.971. The van der Waals surface area contributed by atoms with Crippen molar-refractivity contribution in [2.24, 2.45) is 5.73 Å². The molecule has 0 fully saturated rings. The van der Waals surface area contributed by atoms with Crippen LogP contribution >= 0.6 is 0 Å². The first-order valence-corrected chi connectivity index (χ1v) is 8.15. The predicted octanol–water partition coefficient (Wildman–Crippen LogP) is 0.137. The zero-order valence-electron chi connectivity index (χ0n) is 14.1. The van der Waals surface area contributed by atoms with Gasteiger partial charge in [-0.15, -0.1) is 0 Å². The van der Waals surface area contributed by atoms with Crippen molar-refractivity contribution in [2.45, 2.75) is 25.3 Å². The van der Waals surface area contributed by atoms with Gasteiger partial charge in [-0.2, -0.15) is 0 Å². The van der Waals surface area contributed by atoms with Gasteiger partial charge in [0.25, 0.3) is 11.8 Å². The number of hydrogen-bond donors (Lipinski definition) is 3. The fourth-order valence-corrected chi connectivity index (χ4v) is 2.74. The van der Waals surface area contributed by atoms with Crippen molar-refractivity contribution in [3.63, 3.8) is 0 Å². The molecule has 1 aromatic rings. The summed E-state index contributed by atoms with van der Waals surface area (Å²) in [5.41, 5.74) is 6.53. The number of imide groups is 1. The summed E-state index contributed by atoms with van der Waals surface area (Å²) in [6.45, 7) is 1.08. The molecule has 25 heavy (non-hydrogen) atoms. The van der Waals surface area contributed by atoms with E-state index in [0.717, 1.165) is 11.3 Å². The number of anilines is 1. The van der Waals surface area contributed by atoms with Crippen LogP contribution in [-0.4, -0.2) is 55.1 Å². The lowest BCUT2D eigenvalue weighted by Gasteiger charge is -2.21. The van der Waals surface area contributed by atoms with Gasteiger partial charge in [0.2, 0.25) is 5.91 Å². The molecule has 4 N–H and O–H groups in total. The second kappa shape index (κ2) is 8.39. The first kappa shape index (κ1) is 18.6. The van der Waals surface area contributed by atoms with Crippen LogP contribution in [0.1, 0.15) is 40.0 Å². The topological polar surface area (TPSA) is 122 Å². The van der Waals surface area contributed by atoms with E-state index in [1.165, 1.54) is 7.05 Å². The number of rotatable bonds is 9. The van der Waals surface area contributed by atoms with Crippen molar-refractivity contribution < 1.29 is 19.2 Å². The molecule has 0 saturated carbocycles. The van der Waals surface area contributed by atoms with Crippen LogP contribution in [-0.2, 0) is 9.59 Å². The Morgan fingerprint density at radius 1 is 1.32 bits per heavy atom. The highest BCUT2D eigenvalue weighted by molar-refractivity contribution is 6.24. The normalized spacial score (nSPS) is 14.2. The summed E-state index contributed by atoms with van der Waals surface area (Å²) in [5, 5.41) is 5.55. The minimum absolute atomic E-state index is 0.0505. The lowest BCUT2D eigenvalue weighted by Crippen LogP contribution is -2.41. The van der Waals surface area contributed by atoms with Crippen LogP contribution in [0.2, 0.25) is 0 Å². The van der Waals surface area contributed by atoms with Crippen LogP contribution in [0.3, 0.4) is 0 Å². The van der Waals surface area contributed by atoms with Crippen molar-refractivity contribution in [2.75, 3.05) is 25.5 Å². The molecular formula is C17H22N4O4. The number of nitrogens with two attached hydrogens (primary N) is 1. The molecule has 2 rings (SSSR count). The van der Waals surface area contributed by atoms with Gasteiger partial charge in [-0.1, -0.05) is 6.07 Å². The fourth-order valence-electron chi connectivity index (χ4n) is 2.74. The van der Waals surface area contributed by atoms with Crippen molar-refractivity contribution in [3.8, 4) is 0 Å². The summed E-state index contributed by atoms with van der Waals surface area (Å²) in [5.74, 6) is -1.30. The first-order valence-electron chi connectivity index (χ1n) is 8.15. The lowest BCUT2D eigenvalue weighted by molar-refractivity contribution is -0.121. The third-order valence-corrected chi connectivity index (χ3v) is 4.08. The molecule has 0 saturated heterocycles. The Balaban J connectivity index is 2.24. The number of nitrogens with one attached hydrogen (secondary N) is 2. The Kier molecular flexibility index (Phi) is 6.24.